The summed E-state index contributed by atoms with van der Waals surface area (Å²) >= 11 is 0. The van der Waals surface area contributed by atoms with Crippen LogP contribution in [-0.2, 0) is 4.79 Å². The van der Waals surface area contributed by atoms with E-state index < -0.39 is 24.5 Å². The predicted octanol–water partition coefficient (Wildman–Crippen LogP) is 1.84. The molecule has 1 rings (SSSR count). The van der Waals surface area contributed by atoms with Gasteiger partial charge in [0.15, 0.2) is 0 Å². The molecule has 0 saturated carbocycles. The predicted molar refractivity (Wildman–Crippen MR) is 44.4 cm³/mol. The zero-order chi connectivity index (χ0) is 11.6. The van der Waals surface area contributed by atoms with E-state index in [4.69, 9.17) is 5.11 Å². The number of nitrogens with zero attached hydrogens (tertiary/aromatic N) is 1. The number of hydrogen-bond acceptors (Lipinski definition) is 2. The average molecular weight is 222 g/mol. The molecule has 0 aliphatic rings. The van der Waals surface area contributed by atoms with Gasteiger partial charge in [0.2, 0.25) is 0 Å². The zero-order valence-corrected chi connectivity index (χ0v) is 7.80. The molecule has 1 aromatic rings. The number of halogens is 3. The van der Waals surface area contributed by atoms with Crippen molar-refractivity contribution in [2.45, 2.75) is 25.4 Å². The second-order valence-corrected chi connectivity index (χ2v) is 3.10. The van der Waals surface area contributed by atoms with Crippen LogP contribution in [0.1, 0.15) is 23.7 Å². The number of aryl methyl sites for hydroxylation is 1. The van der Waals surface area contributed by atoms with Crippen molar-refractivity contribution >= 4 is 5.97 Å². The molecule has 15 heavy (non-hydrogen) atoms. The number of imidazole rings is 1. The summed E-state index contributed by atoms with van der Waals surface area (Å²) in [5.74, 6) is -3.55. The number of rotatable bonds is 3. The minimum absolute atomic E-state index is 0.235. The highest BCUT2D eigenvalue weighted by atomic mass is 19.4. The summed E-state index contributed by atoms with van der Waals surface area (Å²) in [5, 5.41) is 8.40. The van der Waals surface area contributed by atoms with Crippen molar-refractivity contribution in [1.29, 1.82) is 0 Å². The third-order valence-electron chi connectivity index (χ3n) is 1.97. The number of aromatic nitrogens is 2. The molecule has 1 unspecified atom stereocenters. The van der Waals surface area contributed by atoms with Crippen LogP contribution < -0.4 is 0 Å². The largest absolute Gasteiger partial charge is 0.481 e. The van der Waals surface area contributed by atoms with Crippen molar-refractivity contribution in [3.8, 4) is 0 Å². The summed E-state index contributed by atoms with van der Waals surface area (Å²) in [4.78, 5) is 16.3. The number of hydrogen-bond donors (Lipinski definition) is 2. The van der Waals surface area contributed by atoms with Gasteiger partial charge < -0.3 is 10.1 Å². The SMILES string of the molecule is Cc1[nH]cnc1C(CC(=O)O)C(F)(F)F. The highest BCUT2D eigenvalue weighted by Gasteiger charge is 2.44. The molecule has 0 bridgehead atoms. The number of carbonyl (C=O) groups is 1. The molecule has 1 aromatic heterocycles. The van der Waals surface area contributed by atoms with Crippen molar-refractivity contribution in [3.05, 3.63) is 17.7 Å². The number of aliphatic carboxylic acids is 1. The average Bonchev–Trinajstić information content (AvgIpc) is 2.45. The molecule has 0 aliphatic heterocycles. The van der Waals surface area contributed by atoms with Gasteiger partial charge in [-0.1, -0.05) is 0 Å². The lowest BCUT2D eigenvalue weighted by atomic mass is 9.99. The summed E-state index contributed by atoms with van der Waals surface area (Å²) < 4.78 is 37.5. The Balaban J connectivity index is 3.02. The molecule has 0 amide bonds. The van der Waals surface area contributed by atoms with Crippen LogP contribution in [0.5, 0.6) is 0 Å². The van der Waals surface area contributed by atoms with E-state index in [0.717, 1.165) is 6.33 Å². The van der Waals surface area contributed by atoms with Gasteiger partial charge in [0.25, 0.3) is 0 Å². The smallest absolute Gasteiger partial charge is 0.397 e. The monoisotopic (exact) mass is 222 g/mol. The molecule has 0 fully saturated rings. The van der Waals surface area contributed by atoms with Crippen molar-refractivity contribution in [3.63, 3.8) is 0 Å². The molecule has 0 radical (unpaired) electrons. The fourth-order valence-corrected chi connectivity index (χ4v) is 1.26. The maximum atomic E-state index is 12.5. The van der Waals surface area contributed by atoms with Crippen molar-refractivity contribution < 1.29 is 23.1 Å². The Labute approximate surface area is 83.1 Å². The molecule has 4 nitrogen and oxygen atoms in total. The summed E-state index contributed by atoms with van der Waals surface area (Å²) in [7, 11) is 0. The first-order valence-electron chi connectivity index (χ1n) is 4.10. The molecule has 0 aliphatic carbocycles. The van der Waals surface area contributed by atoms with Crippen LogP contribution >= 0.6 is 0 Å². The van der Waals surface area contributed by atoms with Gasteiger partial charge >= 0.3 is 12.1 Å². The van der Waals surface area contributed by atoms with Crippen molar-refractivity contribution in [1.82, 2.24) is 9.97 Å². The van der Waals surface area contributed by atoms with E-state index in [9.17, 15) is 18.0 Å². The van der Waals surface area contributed by atoms with Gasteiger partial charge in [-0.15, -0.1) is 0 Å². The van der Waals surface area contributed by atoms with Crippen molar-refractivity contribution in [2.75, 3.05) is 0 Å². The molecule has 2 N–H and O–H groups in total. The Morgan fingerprint density at radius 1 is 1.67 bits per heavy atom. The maximum Gasteiger partial charge on any atom is 0.397 e. The molecule has 84 valence electrons. The van der Waals surface area contributed by atoms with Crippen LogP contribution in [-0.4, -0.2) is 27.2 Å². The van der Waals surface area contributed by atoms with Crippen LogP contribution in [0, 0.1) is 6.92 Å². The second kappa shape index (κ2) is 3.92. The van der Waals surface area contributed by atoms with E-state index in [1.54, 1.807) is 0 Å². The molecular formula is C8H9F3N2O2. The van der Waals surface area contributed by atoms with Crippen LogP contribution in [0.2, 0.25) is 0 Å². The summed E-state index contributed by atoms with van der Waals surface area (Å²) in [6, 6.07) is 0. The van der Waals surface area contributed by atoms with Gasteiger partial charge in [-0.05, 0) is 6.92 Å². The number of nitrogens with one attached hydrogen (secondary N) is 1. The Hall–Kier alpha value is -1.53. The van der Waals surface area contributed by atoms with Crippen LogP contribution in [0.15, 0.2) is 6.33 Å². The summed E-state index contributed by atoms with van der Waals surface area (Å²) in [6.07, 6.45) is -4.49. The topological polar surface area (TPSA) is 66.0 Å². The van der Waals surface area contributed by atoms with E-state index >= 15 is 0 Å². The van der Waals surface area contributed by atoms with E-state index in [1.807, 2.05) is 0 Å². The number of H-pyrrole nitrogens is 1. The number of carboxylic acid groups (broad SMARTS) is 1. The zero-order valence-electron chi connectivity index (χ0n) is 7.80. The highest BCUT2D eigenvalue weighted by molar-refractivity contribution is 5.68. The van der Waals surface area contributed by atoms with Gasteiger partial charge in [0, 0.05) is 5.69 Å². The Morgan fingerprint density at radius 2 is 2.27 bits per heavy atom. The standard InChI is InChI=1S/C8H9F3N2O2/c1-4-7(13-3-12-4)5(2-6(14)15)8(9,10)11/h3,5H,2H2,1H3,(H,12,13)(H,14,15). The minimum atomic E-state index is -4.60. The lowest BCUT2D eigenvalue weighted by Crippen LogP contribution is -2.24. The molecule has 0 aromatic carbocycles. The molecule has 7 heteroatoms. The van der Waals surface area contributed by atoms with Crippen molar-refractivity contribution in [2.24, 2.45) is 0 Å². The number of alkyl halides is 3. The molecule has 1 heterocycles. The van der Waals surface area contributed by atoms with Gasteiger partial charge in [-0.2, -0.15) is 13.2 Å². The van der Waals surface area contributed by atoms with E-state index in [-0.39, 0.29) is 11.4 Å². The van der Waals surface area contributed by atoms with E-state index in [0.29, 0.717) is 0 Å². The first-order chi connectivity index (χ1) is 6.82. The molecular weight excluding hydrogens is 213 g/mol. The van der Waals surface area contributed by atoms with Crippen LogP contribution in [0.4, 0.5) is 13.2 Å². The maximum absolute atomic E-state index is 12.5. The lowest BCUT2D eigenvalue weighted by Gasteiger charge is -2.17. The van der Waals surface area contributed by atoms with Gasteiger partial charge in [0.05, 0.1) is 18.4 Å². The minimum Gasteiger partial charge on any atom is -0.481 e. The number of aromatic amines is 1. The van der Waals surface area contributed by atoms with Crippen LogP contribution in [0.25, 0.3) is 0 Å². The Morgan fingerprint density at radius 3 is 2.60 bits per heavy atom. The summed E-state index contributed by atoms with van der Waals surface area (Å²) in [6.45, 7) is 1.42. The quantitative estimate of drug-likeness (QED) is 0.819. The highest BCUT2D eigenvalue weighted by Crippen LogP contribution is 2.37. The fraction of sp³-hybridized carbons (Fsp3) is 0.500. The lowest BCUT2D eigenvalue weighted by molar-refractivity contribution is -0.164. The molecule has 0 saturated heterocycles. The molecule has 1 atom stereocenters. The third kappa shape index (κ3) is 2.71. The van der Waals surface area contributed by atoms with Gasteiger partial charge in [-0.25, -0.2) is 4.98 Å². The summed E-state index contributed by atoms with van der Waals surface area (Å²) in [5.41, 5.74) is -0.0246. The van der Waals surface area contributed by atoms with Gasteiger partial charge in [-0.3, -0.25) is 4.79 Å². The van der Waals surface area contributed by atoms with E-state index in [2.05, 4.69) is 9.97 Å². The van der Waals surface area contributed by atoms with E-state index in [1.165, 1.54) is 6.92 Å². The Bertz CT molecular complexity index is 359. The van der Waals surface area contributed by atoms with Gasteiger partial charge in [0.1, 0.15) is 5.92 Å². The first kappa shape index (κ1) is 11.5. The second-order valence-electron chi connectivity index (χ2n) is 3.10. The fourth-order valence-electron chi connectivity index (χ4n) is 1.26. The number of carboxylic acids is 1. The van der Waals surface area contributed by atoms with Crippen LogP contribution in [0.3, 0.4) is 0 Å². The molecule has 0 spiro atoms. The Kier molecular flexibility index (Phi) is 3.01. The third-order valence-corrected chi connectivity index (χ3v) is 1.97. The normalized spacial score (nSPS) is 13.9. The first-order valence-corrected chi connectivity index (χ1v) is 4.10.